The van der Waals surface area contributed by atoms with Gasteiger partial charge in [-0.1, -0.05) is 17.7 Å². The van der Waals surface area contributed by atoms with Gasteiger partial charge in [-0.2, -0.15) is 0 Å². The first-order valence-corrected chi connectivity index (χ1v) is 8.25. The lowest BCUT2D eigenvalue weighted by molar-refractivity contribution is 0.168. The maximum absolute atomic E-state index is 11.6. The van der Waals surface area contributed by atoms with Crippen molar-refractivity contribution >= 4 is 28.8 Å². The molecular weight excluding hydrogens is 316 g/mol. The zero-order valence-corrected chi connectivity index (χ0v) is 15.2. The number of carbonyl (C=O) groups is 1. The Kier molecular flexibility index (Phi) is 5.75. The third-order valence-corrected chi connectivity index (χ3v) is 4.01. The van der Waals surface area contributed by atoms with E-state index in [2.05, 4.69) is 43.5 Å². The number of ether oxygens (including phenoxy) is 1. The Labute approximate surface area is 148 Å². The van der Waals surface area contributed by atoms with Crippen LogP contribution >= 0.6 is 0 Å². The van der Waals surface area contributed by atoms with Crippen molar-refractivity contribution in [3.63, 3.8) is 0 Å². The summed E-state index contributed by atoms with van der Waals surface area (Å²) in [6.45, 7) is 8.97. The number of anilines is 4. The third-order valence-electron chi connectivity index (χ3n) is 4.01. The lowest BCUT2D eigenvalue weighted by atomic mass is 10.00. The molecule has 25 heavy (non-hydrogen) atoms. The van der Waals surface area contributed by atoms with Gasteiger partial charge < -0.3 is 21.5 Å². The maximum Gasteiger partial charge on any atom is 0.411 e. The van der Waals surface area contributed by atoms with Crippen LogP contribution in [0.5, 0.6) is 0 Å². The smallest absolute Gasteiger partial charge is 0.411 e. The standard InChI is InChI=1S/C19H26N4O2/c1-5-25-19(24)23-18-16(20)8-14(9-17(18)21)22-10-15-12(3)6-11(2)7-13(15)4/h6-9,22H,5,10,20-21H2,1-4H3,(H,23,24). The van der Waals surface area contributed by atoms with Crippen molar-refractivity contribution in [1.82, 2.24) is 0 Å². The molecule has 0 saturated carbocycles. The van der Waals surface area contributed by atoms with E-state index in [0.29, 0.717) is 23.6 Å². The molecular formula is C19H26N4O2. The second kappa shape index (κ2) is 7.79. The molecule has 0 atom stereocenters. The number of nitrogens with one attached hydrogen (secondary N) is 2. The Bertz CT molecular complexity index is 741. The fourth-order valence-electron chi connectivity index (χ4n) is 2.88. The van der Waals surface area contributed by atoms with Crippen LogP contribution in [0.3, 0.4) is 0 Å². The molecule has 134 valence electrons. The molecule has 2 rings (SSSR count). The number of amides is 1. The van der Waals surface area contributed by atoms with Gasteiger partial charge in [0.15, 0.2) is 0 Å². The Morgan fingerprint density at radius 3 is 2.12 bits per heavy atom. The van der Waals surface area contributed by atoms with Crippen molar-refractivity contribution < 1.29 is 9.53 Å². The number of hydrogen-bond donors (Lipinski definition) is 4. The minimum absolute atomic E-state index is 0.278. The SMILES string of the molecule is CCOC(=O)Nc1c(N)cc(NCc2c(C)cc(C)cc2C)cc1N. The molecule has 0 aliphatic heterocycles. The number of aryl methyl sites for hydroxylation is 3. The van der Waals surface area contributed by atoms with Crippen molar-refractivity contribution in [2.24, 2.45) is 0 Å². The summed E-state index contributed by atoms with van der Waals surface area (Å²) in [6, 6.07) is 7.83. The summed E-state index contributed by atoms with van der Waals surface area (Å²) in [5, 5.41) is 5.91. The largest absolute Gasteiger partial charge is 0.450 e. The van der Waals surface area contributed by atoms with Gasteiger partial charge in [0.05, 0.1) is 23.7 Å². The number of nitrogens with two attached hydrogens (primary N) is 2. The number of rotatable bonds is 5. The van der Waals surface area contributed by atoms with Crippen LogP contribution < -0.4 is 22.1 Å². The number of nitrogen functional groups attached to an aromatic ring is 2. The number of carbonyl (C=O) groups excluding carboxylic acids is 1. The van der Waals surface area contributed by atoms with Gasteiger partial charge in [-0.25, -0.2) is 4.79 Å². The highest BCUT2D eigenvalue weighted by atomic mass is 16.5. The van der Waals surface area contributed by atoms with Crippen LogP contribution in [-0.2, 0) is 11.3 Å². The maximum atomic E-state index is 11.6. The van der Waals surface area contributed by atoms with Crippen LogP contribution in [0.4, 0.5) is 27.5 Å². The topological polar surface area (TPSA) is 102 Å². The molecule has 0 unspecified atom stereocenters. The van der Waals surface area contributed by atoms with Crippen molar-refractivity contribution in [1.29, 1.82) is 0 Å². The summed E-state index contributed by atoms with van der Waals surface area (Å²) >= 11 is 0. The Morgan fingerprint density at radius 1 is 1.04 bits per heavy atom. The van der Waals surface area contributed by atoms with Crippen LogP contribution in [0.1, 0.15) is 29.2 Å². The lowest BCUT2D eigenvalue weighted by Crippen LogP contribution is -2.16. The summed E-state index contributed by atoms with van der Waals surface area (Å²) in [4.78, 5) is 11.6. The number of benzene rings is 2. The van der Waals surface area contributed by atoms with Gasteiger partial charge in [-0.05, 0) is 56.5 Å². The van der Waals surface area contributed by atoms with Crippen LogP contribution in [0.2, 0.25) is 0 Å². The molecule has 2 aromatic rings. The van der Waals surface area contributed by atoms with E-state index in [9.17, 15) is 4.79 Å². The Morgan fingerprint density at radius 2 is 1.60 bits per heavy atom. The van der Waals surface area contributed by atoms with E-state index in [0.717, 1.165) is 5.69 Å². The van der Waals surface area contributed by atoms with E-state index in [1.807, 2.05) is 0 Å². The van der Waals surface area contributed by atoms with E-state index < -0.39 is 6.09 Å². The monoisotopic (exact) mass is 342 g/mol. The predicted molar refractivity (Wildman–Crippen MR) is 104 cm³/mol. The first-order chi connectivity index (χ1) is 11.8. The van der Waals surface area contributed by atoms with Crippen molar-refractivity contribution in [2.75, 3.05) is 28.7 Å². The molecule has 0 saturated heterocycles. The van der Waals surface area contributed by atoms with Gasteiger partial charge in [0.25, 0.3) is 0 Å². The second-order valence-electron chi connectivity index (χ2n) is 6.11. The van der Waals surface area contributed by atoms with E-state index in [4.69, 9.17) is 16.2 Å². The van der Waals surface area contributed by atoms with Gasteiger partial charge in [0.1, 0.15) is 0 Å². The highest BCUT2D eigenvalue weighted by Gasteiger charge is 2.11. The minimum atomic E-state index is -0.576. The molecule has 0 aliphatic rings. The summed E-state index contributed by atoms with van der Waals surface area (Å²) in [5.74, 6) is 0. The van der Waals surface area contributed by atoms with Gasteiger partial charge in [-0.15, -0.1) is 0 Å². The molecule has 0 bridgehead atoms. The fourth-order valence-corrected chi connectivity index (χ4v) is 2.88. The van der Waals surface area contributed by atoms with Crippen molar-refractivity contribution in [2.45, 2.75) is 34.2 Å². The average molecular weight is 342 g/mol. The molecule has 2 aromatic carbocycles. The molecule has 0 radical (unpaired) electrons. The minimum Gasteiger partial charge on any atom is -0.450 e. The molecule has 0 aliphatic carbocycles. The van der Waals surface area contributed by atoms with Crippen LogP contribution in [0.25, 0.3) is 0 Å². The lowest BCUT2D eigenvalue weighted by Gasteiger charge is -2.16. The molecule has 0 heterocycles. The molecule has 6 N–H and O–H groups in total. The molecule has 6 heteroatoms. The normalized spacial score (nSPS) is 10.4. The van der Waals surface area contributed by atoms with E-state index in [1.165, 1.54) is 22.3 Å². The fraction of sp³-hybridized carbons (Fsp3) is 0.316. The van der Waals surface area contributed by atoms with Crippen molar-refractivity contribution in [3.05, 3.63) is 46.5 Å². The van der Waals surface area contributed by atoms with Gasteiger partial charge in [0.2, 0.25) is 0 Å². The van der Waals surface area contributed by atoms with Crippen molar-refractivity contribution in [3.8, 4) is 0 Å². The Balaban J connectivity index is 2.15. The highest BCUT2D eigenvalue weighted by molar-refractivity contribution is 5.95. The van der Waals surface area contributed by atoms with Crippen LogP contribution in [0, 0.1) is 20.8 Å². The Hall–Kier alpha value is -2.89. The second-order valence-corrected chi connectivity index (χ2v) is 6.11. The molecule has 0 aromatic heterocycles. The zero-order valence-electron chi connectivity index (χ0n) is 15.2. The summed E-state index contributed by atoms with van der Waals surface area (Å²) in [5.41, 5.74) is 19.0. The van der Waals surface area contributed by atoms with E-state index >= 15 is 0 Å². The zero-order chi connectivity index (χ0) is 18.6. The summed E-state index contributed by atoms with van der Waals surface area (Å²) < 4.78 is 4.85. The average Bonchev–Trinajstić information content (AvgIpc) is 2.50. The quantitative estimate of drug-likeness (QED) is 0.616. The predicted octanol–water partition coefficient (Wildman–Crippen LogP) is 3.96. The first kappa shape index (κ1) is 18.4. The van der Waals surface area contributed by atoms with Gasteiger partial charge in [0, 0.05) is 12.2 Å². The third kappa shape index (κ3) is 4.56. The molecule has 0 fully saturated rings. The molecule has 6 nitrogen and oxygen atoms in total. The highest BCUT2D eigenvalue weighted by Crippen LogP contribution is 2.31. The van der Waals surface area contributed by atoms with Crippen LogP contribution in [-0.4, -0.2) is 12.7 Å². The first-order valence-electron chi connectivity index (χ1n) is 8.25. The van der Waals surface area contributed by atoms with Gasteiger partial charge in [-0.3, -0.25) is 5.32 Å². The number of hydrogen-bond acceptors (Lipinski definition) is 5. The molecule has 0 spiro atoms. The van der Waals surface area contributed by atoms with E-state index in [-0.39, 0.29) is 6.61 Å². The molecule has 1 amide bonds. The van der Waals surface area contributed by atoms with E-state index in [1.54, 1.807) is 19.1 Å². The summed E-state index contributed by atoms with van der Waals surface area (Å²) in [6.07, 6.45) is -0.576. The van der Waals surface area contributed by atoms with Gasteiger partial charge >= 0.3 is 6.09 Å². The van der Waals surface area contributed by atoms with Crippen LogP contribution in [0.15, 0.2) is 24.3 Å². The summed E-state index contributed by atoms with van der Waals surface area (Å²) in [7, 11) is 0.